The van der Waals surface area contributed by atoms with Crippen LogP contribution in [0.1, 0.15) is 26.7 Å². The molecule has 0 saturated heterocycles. The molecule has 0 rings (SSSR count). The molecule has 66 valence electrons. The van der Waals surface area contributed by atoms with Gasteiger partial charge in [0.25, 0.3) is 0 Å². The van der Waals surface area contributed by atoms with Crippen LogP contribution in [0, 0.1) is 0 Å². The summed E-state index contributed by atoms with van der Waals surface area (Å²) >= 11 is 1.75. The van der Waals surface area contributed by atoms with E-state index in [1.165, 1.54) is 0 Å². The second-order valence-electron chi connectivity index (χ2n) is 2.63. The Morgan fingerprint density at radius 1 is 1.55 bits per heavy atom. The molecule has 11 heavy (non-hydrogen) atoms. The topological polar surface area (TPSA) is 26.3 Å². The normalized spacial score (nSPS) is 10.2. The Bertz CT molecular complexity index is 113. The highest BCUT2D eigenvalue weighted by Crippen LogP contribution is 2.01. The van der Waals surface area contributed by atoms with Crippen molar-refractivity contribution >= 4 is 17.7 Å². The molecule has 0 heterocycles. The monoisotopic (exact) mass is 176 g/mol. The first kappa shape index (κ1) is 10.8. The zero-order valence-electron chi connectivity index (χ0n) is 7.42. The van der Waals surface area contributed by atoms with E-state index in [-0.39, 0.29) is 12.1 Å². The first-order valence-electron chi connectivity index (χ1n) is 3.85. The average Bonchev–Trinajstić information content (AvgIpc) is 1.86. The molecule has 0 aliphatic heterocycles. The third-order valence-corrected chi connectivity index (χ3v) is 1.79. The Kier molecular flexibility index (Phi) is 6.42. The molecule has 0 aromatic rings. The van der Waals surface area contributed by atoms with E-state index in [0.717, 1.165) is 12.2 Å². The molecular formula is C8H16O2S. The highest BCUT2D eigenvalue weighted by Gasteiger charge is 2.03. The standard InChI is InChI=1S/C8H16O2S/c1-7(2)10-8(9)5-4-6-11-3/h7H,4-6H2,1-3H3. The number of carbonyl (C=O) groups is 1. The summed E-state index contributed by atoms with van der Waals surface area (Å²) in [5, 5.41) is 0. The lowest BCUT2D eigenvalue weighted by Gasteiger charge is -2.06. The minimum atomic E-state index is -0.0750. The second kappa shape index (κ2) is 6.53. The Morgan fingerprint density at radius 2 is 2.18 bits per heavy atom. The van der Waals surface area contributed by atoms with Crippen LogP contribution in [-0.2, 0) is 9.53 Å². The maximum Gasteiger partial charge on any atom is 0.306 e. The number of carbonyl (C=O) groups excluding carboxylic acids is 1. The predicted molar refractivity (Wildman–Crippen MR) is 48.8 cm³/mol. The van der Waals surface area contributed by atoms with Gasteiger partial charge in [0, 0.05) is 6.42 Å². The largest absolute Gasteiger partial charge is 0.463 e. The van der Waals surface area contributed by atoms with Crippen molar-refractivity contribution in [2.45, 2.75) is 32.8 Å². The molecule has 3 heteroatoms. The van der Waals surface area contributed by atoms with Crippen molar-refractivity contribution < 1.29 is 9.53 Å². The van der Waals surface area contributed by atoms with Gasteiger partial charge < -0.3 is 4.74 Å². The van der Waals surface area contributed by atoms with Crippen molar-refractivity contribution in [2.75, 3.05) is 12.0 Å². The summed E-state index contributed by atoms with van der Waals surface area (Å²) in [6.07, 6.45) is 3.54. The molecule has 0 atom stereocenters. The first-order chi connectivity index (χ1) is 5.16. The molecule has 0 fully saturated rings. The fourth-order valence-corrected chi connectivity index (χ4v) is 1.12. The van der Waals surface area contributed by atoms with Crippen molar-refractivity contribution in [3.8, 4) is 0 Å². The summed E-state index contributed by atoms with van der Waals surface area (Å²) in [5.41, 5.74) is 0. The molecule has 0 bridgehead atoms. The molecule has 0 unspecified atom stereocenters. The van der Waals surface area contributed by atoms with E-state index in [4.69, 9.17) is 4.74 Å². The molecule has 0 radical (unpaired) electrons. The number of ether oxygens (including phenoxy) is 1. The van der Waals surface area contributed by atoms with E-state index in [1.807, 2.05) is 20.1 Å². The van der Waals surface area contributed by atoms with E-state index in [9.17, 15) is 4.79 Å². The summed E-state index contributed by atoms with van der Waals surface area (Å²) in [5.74, 6) is 0.960. The van der Waals surface area contributed by atoms with Gasteiger partial charge in [-0.25, -0.2) is 0 Å². The lowest BCUT2D eigenvalue weighted by Crippen LogP contribution is -2.11. The quantitative estimate of drug-likeness (QED) is 0.474. The minimum absolute atomic E-state index is 0.0248. The molecule has 0 aromatic carbocycles. The number of rotatable bonds is 5. The van der Waals surface area contributed by atoms with Crippen molar-refractivity contribution in [1.82, 2.24) is 0 Å². The van der Waals surface area contributed by atoms with Gasteiger partial charge in [-0.3, -0.25) is 4.79 Å². The van der Waals surface area contributed by atoms with Crippen LogP contribution in [0.2, 0.25) is 0 Å². The third-order valence-electron chi connectivity index (χ3n) is 1.10. The van der Waals surface area contributed by atoms with Crippen LogP contribution in [0.25, 0.3) is 0 Å². The Morgan fingerprint density at radius 3 is 2.64 bits per heavy atom. The Labute approximate surface area is 72.7 Å². The molecule has 0 N–H and O–H groups in total. The predicted octanol–water partition coefficient (Wildman–Crippen LogP) is 2.08. The van der Waals surface area contributed by atoms with Crippen LogP contribution in [0.4, 0.5) is 0 Å². The molecule has 0 aromatic heterocycles. The van der Waals surface area contributed by atoms with E-state index in [1.54, 1.807) is 11.8 Å². The van der Waals surface area contributed by atoms with Gasteiger partial charge in [0.1, 0.15) is 0 Å². The number of thioether (sulfide) groups is 1. The van der Waals surface area contributed by atoms with Crippen LogP contribution < -0.4 is 0 Å². The smallest absolute Gasteiger partial charge is 0.306 e. The van der Waals surface area contributed by atoms with Gasteiger partial charge in [-0.15, -0.1) is 0 Å². The van der Waals surface area contributed by atoms with E-state index >= 15 is 0 Å². The third kappa shape index (κ3) is 7.72. The van der Waals surface area contributed by atoms with E-state index in [2.05, 4.69) is 0 Å². The fourth-order valence-electron chi connectivity index (χ4n) is 0.683. The maximum atomic E-state index is 10.9. The van der Waals surface area contributed by atoms with Crippen molar-refractivity contribution in [1.29, 1.82) is 0 Å². The zero-order valence-corrected chi connectivity index (χ0v) is 8.24. The van der Waals surface area contributed by atoms with Gasteiger partial charge in [-0.1, -0.05) is 0 Å². The molecule has 0 saturated carbocycles. The van der Waals surface area contributed by atoms with Gasteiger partial charge in [0.15, 0.2) is 0 Å². The molecule has 0 spiro atoms. The summed E-state index contributed by atoms with van der Waals surface area (Å²) in [6.45, 7) is 3.74. The van der Waals surface area contributed by atoms with Crippen molar-refractivity contribution in [3.05, 3.63) is 0 Å². The Balaban J connectivity index is 3.23. The van der Waals surface area contributed by atoms with Gasteiger partial charge in [0.2, 0.25) is 0 Å². The lowest BCUT2D eigenvalue weighted by molar-refractivity contribution is -0.147. The van der Waals surface area contributed by atoms with Crippen LogP contribution >= 0.6 is 11.8 Å². The number of esters is 1. The van der Waals surface area contributed by atoms with Crippen LogP contribution in [0.3, 0.4) is 0 Å². The Hall–Kier alpha value is -0.180. The molecule has 0 amide bonds. The highest BCUT2D eigenvalue weighted by atomic mass is 32.2. The van der Waals surface area contributed by atoms with Gasteiger partial charge in [-0.05, 0) is 32.3 Å². The zero-order chi connectivity index (χ0) is 8.69. The highest BCUT2D eigenvalue weighted by molar-refractivity contribution is 7.98. The second-order valence-corrected chi connectivity index (χ2v) is 3.62. The van der Waals surface area contributed by atoms with Crippen molar-refractivity contribution in [3.63, 3.8) is 0 Å². The SMILES string of the molecule is CSCCCC(=O)OC(C)C. The lowest BCUT2D eigenvalue weighted by atomic mass is 10.3. The van der Waals surface area contributed by atoms with Crippen molar-refractivity contribution in [2.24, 2.45) is 0 Å². The molecule has 0 aliphatic carbocycles. The molecule has 2 nitrogen and oxygen atoms in total. The number of hydrogen-bond acceptors (Lipinski definition) is 3. The summed E-state index contributed by atoms with van der Waals surface area (Å²) < 4.78 is 4.95. The van der Waals surface area contributed by atoms with E-state index in [0.29, 0.717) is 6.42 Å². The van der Waals surface area contributed by atoms with Crippen LogP contribution in [0.5, 0.6) is 0 Å². The van der Waals surface area contributed by atoms with Crippen LogP contribution in [0.15, 0.2) is 0 Å². The van der Waals surface area contributed by atoms with Gasteiger partial charge in [0.05, 0.1) is 6.10 Å². The first-order valence-corrected chi connectivity index (χ1v) is 5.24. The summed E-state index contributed by atoms with van der Waals surface area (Å²) in [6, 6.07) is 0. The minimum Gasteiger partial charge on any atom is -0.463 e. The summed E-state index contributed by atoms with van der Waals surface area (Å²) in [4.78, 5) is 10.9. The molecule has 0 aliphatic rings. The van der Waals surface area contributed by atoms with Crippen LogP contribution in [-0.4, -0.2) is 24.1 Å². The maximum absolute atomic E-state index is 10.9. The van der Waals surface area contributed by atoms with E-state index < -0.39 is 0 Å². The van der Waals surface area contributed by atoms with Gasteiger partial charge in [-0.2, -0.15) is 11.8 Å². The average molecular weight is 176 g/mol. The molecular weight excluding hydrogens is 160 g/mol. The summed E-state index contributed by atoms with van der Waals surface area (Å²) in [7, 11) is 0. The fraction of sp³-hybridized carbons (Fsp3) is 0.875. The number of hydrogen-bond donors (Lipinski definition) is 0. The van der Waals surface area contributed by atoms with Gasteiger partial charge >= 0.3 is 5.97 Å².